The van der Waals surface area contributed by atoms with E-state index >= 15 is 0 Å². The van der Waals surface area contributed by atoms with E-state index in [2.05, 4.69) is 53.9 Å². The molecule has 19 heavy (non-hydrogen) atoms. The molecule has 0 amide bonds. The van der Waals surface area contributed by atoms with Crippen molar-refractivity contribution in [1.82, 2.24) is 9.78 Å². The summed E-state index contributed by atoms with van der Waals surface area (Å²) >= 11 is 3.51. The molecule has 0 atom stereocenters. The monoisotopic (exact) mass is 321 g/mol. The lowest BCUT2D eigenvalue weighted by Gasteiger charge is -2.17. The Hall–Kier alpha value is -1.29. The number of nitrogen functional groups attached to an aromatic ring is 1. The molecule has 0 saturated carbocycles. The summed E-state index contributed by atoms with van der Waals surface area (Å²) in [6.45, 7) is 6.63. The Morgan fingerprint density at radius 2 is 2.00 bits per heavy atom. The Labute approximate surface area is 122 Å². The van der Waals surface area contributed by atoms with Gasteiger partial charge in [-0.2, -0.15) is 5.10 Å². The van der Waals surface area contributed by atoms with Gasteiger partial charge < -0.3 is 5.73 Å². The molecule has 0 radical (unpaired) electrons. The number of nitrogens with two attached hydrogens (primary N) is 1. The fourth-order valence-corrected chi connectivity index (χ4v) is 2.58. The van der Waals surface area contributed by atoms with Crippen molar-refractivity contribution in [2.24, 2.45) is 12.5 Å². The van der Waals surface area contributed by atoms with Crippen molar-refractivity contribution >= 4 is 21.7 Å². The zero-order valence-corrected chi connectivity index (χ0v) is 13.5. The summed E-state index contributed by atoms with van der Waals surface area (Å²) in [5.74, 6) is 0.720. The van der Waals surface area contributed by atoms with Crippen LogP contribution in [-0.4, -0.2) is 9.78 Å². The molecule has 1 heterocycles. The van der Waals surface area contributed by atoms with Crippen LogP contribution in [0.2, 0.25) is 0 Å². The van der Waals surface area contributed by atoms with Gasteiger partial charge in [0.15, 0.2) is 0 Å². The van der Waals surface area contributed by atoms with Crippen molar-refractivity contribution in [3.8, 4) is 11.1 Å². The highest BCUT2D eigenvalue weighted by atomic mass is 79.9. The molecule has 0 bridgehead atoms. The highest BCUT2D eigenvalue weighted by molar-refractivity contribution is 9.10. The molecule has 0 spiro atoms. The third-order valence-corrected chi connectivity index (χ3v) is 3.47. The van der Waals surface area contributed by atoms with Crippen LogP contribution in [0.25, 0.3) is 11.1 Å². The van der Waals surface area contributed by atoms with E-state index in [1.165, 1.54) is 0 Å². The Morgan fingerprint density at radius 1 is 1.32 bits per heavy atom. The average Bonchev–Trinajstić information content (AvgIpc) is 2.52. The quantitative estimate of drug-likeness (QED) is 0.907. The smallest absolute Gasteiger partial charge is 0.129 e. The fourth-order valence-electron chi connectivity index (χ4n) is 2.18. The number of aromatic nitrogens is 2. The molecule has 1 aromatic carbocycles. The molecule has 2 N–H and O–H groups in total. The van der Waals surface area contributed by atoms with Crippen molar-refractivity contribution in [2.45, 2.75) is 27.2 Å². The Kier molecular flexibility index (Phi) is 3.72. The van der Waals surface area contributed by atoms with Gasteiger partial charge in [0.25, 0.3) is 0 Å². The first-order chi connectivity index (χ1) is 8.78. The van der Waals surface area contributed by atoms with Gasteiger partial charge in [0.1, 0.15) is 5.82 Å². The zero-order valence-electron chi connectivity index (χ0n) is 11.9. The van der Waals surface area contributed by atoms with E-state index in [0.717, 1.165) is 33.5 Å². The number of anilines is 1. The first-order valence-electron chi connectivity index (χ1n) is 6.35. The van der Waals surface area contributed by atoms with E-state index in [-0.39, 0.29) is 5.41 Å². The van der Waals surface area contributed by atoms with Crippen molar-refractivity contribution in [3.05, 3.63) is 34.4 Å². The van der Waals surface area contributed by atoms with Crippen LogP contribution in [0.4, 0.5) is 5.82 Å². The highest BCUT2D eigenvalue weighted by Crippen LogP contribution is 2.34. The molecule has 0 aliphatic carbocycles. The SMILES string of the molecule is Cn1nc(CC(C)(C)C)c(-c2cccc(Br)c2)c1N. The van der Waals surface area contributed by atoms with Crippen LogP contribution >= 0.6 is 15.9 Å². The van der Waals surface area contributed by atoms with E-state index in [4.69, 9.17) is 5.73 Å². The van der Waals surface area contributed by atoms with Gasteiger partial charge >= 0.3 is 0 Å². The molecule has 3 nitrogen and oxygen atoms in total. The van der Waals surface area contributed by atoms with Crippen molar-refractivity contribution in [1.29, 1.82) is 0 Å². The van der Waals surface area contributed by atoms with Crippen LogP contribution in [0.3, 0.4) is 0 Å². The number of rotatable bonds is 2. The number of hydrogen-bond acceptors (Lipinski definition) is 2. The number of nitrogens with zero attached hydrogens (tertiary/aromatic N) is 2. The molecule has 0 fully saturated rings. The molecular weight excluding hydrogens is 302 g/mol. The van der Waals surface area contributed by atoms with Crippen molar-refractivity contribution in [2.75, 3.05) is 5.73 Å². The van der Waals surface area contributed by atoms with E-state index < -0.39 is 0 Å². The number of hydrogen-bond donors (Lipinski definition) is 1. The van der Waals surface area contributed by atoms with Crippen LogP contribution in [0, 0.1) is 5.41 Å². The standard InChI is InChI=1S/C15H20BrN3/c1-15(2,3)9-12-13(14(17)19(4)18-12)10-6-5-7-11(16)8-10/h5-8H,9,17H2,1-4H3. The van der Waals surface area contributed by atoms with Gasteiger partial charge in [-0.25, -0.2) is 0 Å². The fraction of sp³-hybridized carbons (Fsp3) is 0.400. The molecule has 0 aliphatic rings. The first-order valence-corrected chi connectivity index (χ1v) is 7.14. The van der Waals surface area contributed by atoms with Crippen LogP contribution < -0.4 is 5.73 Å². The highest BCUT2D eigenvalue weighted by Gasteiger charge is 2.21. The molecule has 2 rings (SSSR count). The topological polar surface area (TPSA) is 43.8 Å². The van der Waals surface area contributed by atoms with Crippen molar-refractivity contribution in [3.63, 3.8) is 0 Å². The summed E-state index contributed by atoms with van der Waals surface area (Å²) in [6.07, 6.45) is 0.903. The van der Waals surface area contributed by atoms with E-state index in [1.54, 1.807) is 4.68 Å². The summed E-state index contributed by atoms with van der Waals surface area (Å²) < 4.78 is 2.81. The number of halogens is 1. The minimum Gasteiger partial charge on any atom is -0.383 e. The van der Waals surface area contributed by atoms with Crippen LogP contribution in [0.1, 0.15) is 26.5 Å². The molecule has 0 aliphatic heterocycles. The molecule has 0 unspecified atom stereocenters. The molecule has 102 valence electrons. The average molecular weight is 322 g/mol. The first kappa shape index (κ1) is 14.1. The molecule has 0 saturated heterocycles. The maximum Gasteiger partial charge on any atom is 0.129 e. The van der Waals surface area contributed by atoms with Gasteiger partial charge in [0, 0.05) is 17.1 Å². The minimum atomic E-state index is 0.182. The lowest BCUT2D eigenvalue weighted by atomic mass is 9.88. The molecule has 2 aromatic rings. The second-order valence-electron chi connectivity index (χ2n) is 6.08. The third-order valence-electron chi connectivity index (χ3n) is 2.98. The van der Waals surface area contributed by atoms with Crippen LogP contribution in [0.15, 0.2) is 28.7 Å². The van der Waals surface area contributed by atoms with Gasteiger partial charge in [0.05, 0.1) is 5.69 Å². The maximum atomic E-state index is 6.19. The maximum absolute atomic E-state index is 6.19. The van der Waals surface area contributed by atoms with Gasteiger partial charge in [-0.3, -0.25) is 4.68 Å². The third kappa shape index (κ3) is 3.18. The van der Waals surface area contributed by atoms with E-state index in [0.29, 0.717) is 0 Å². The summed E-state index contributed by atoms with van der Waals surface area (Å²) in [5, 5.41) is 4.58. The Bertz CT molecular complexity index is 594. The second-order valence-corrected chi connectivity index (χ2v) is 6.99. The number of aryl methyl sites for hydroxylation is 1. The summed E-state index contributed by atoms with van der Waals surface area (Å²) in [4.78, 5) is 0. The summed E-state index contributed by atoms with van der Waals surface area (Å²) in [7, 11) is 1.89. The van der Waals surface area contributed by atoms with Gasteiger partial charge in [-0.05, 0) is 29.5 Å². The van der Waals surface area contributed by atoms with Crippen LogP contribution in [-0.2, 0) is 13.5 Å². The summed E-state index contributed by atoms with van der Waals surface area (Å²) in [5.41, 5.74) is 9.60. The molecular formula is C15H20BrN3. The minimum absolute atomic E-state index is 0.182. The van der Waals surface area contributed by atoms with Gasteiger partial charge in [-0.15, -0.1) is 0 Å². The van der Waals surface area contributed by atoms with E-state index in [1.807, 2.05) is 19.2 Å². The van der Waals surface area contributed by atoms with E-state index in [9.17, 15) is 0 Å². The normalized spacial score (nSPS) is 11.8. The largest absolute Gasteiger partial charge is 0.383 e. The lowest BCUT2D eigenvalue weighted by molar-refractivity contribution is 0.405. The molecule has 1 aromatic heterocycles. The lowest BCUT2D eigenvalue weighted by Crippen LogP contribution is -2.10. The predicted octanol–water partition coefficient (Wildman–Crippen LogP) is 4.02. The Balaban J connectivity index is 2.55. The van der Waals surface area contributed by atoms with Crippen LogP contribution in [0.5, 0.6) is 0 Å². The van der Waals surface area contributed by atoms with Gasteiger partial charge in [-0.1, -0.05) is 48.8 Å². The van der Waals surface area contributed by atoms with Crippen molar-refractivity contribution < 1.29 is 0 Å². The molecule has 4 heteroatoms. The zero-order chi connectivity index (χ0) is 14.2. The second kappa shape index (κ2) is 5.00. The Morgan fingerprint density at radius 3 is 2.58 bits per heavy atom. The summed E-state index contributed by atoms with van der Waals surface area (Å²) in [6, 6.07) is 8.19. The van der Waals surface area contributed by atoms with Gasteiger partial charge in [0.2, 0.25) is 0 Å². The predicted molar refractivity (Wildman–Crippen MR) is 83.9 cm³/mol. The number of benzene rings is 1.